The minimum atomic E-state index is -0.733. The lowest BCUT2D eigenvalue weighted by atomic mass is 10.1. The van der Waals surface area contributed by atoms with Crippen molar-refractivity contribution in [3.05, 3.63) is 66.0 Å². The summed E-state index contributed by atoms with van der Waals surface area (Å²) in [7, 11) is 0. The van der Waals surface area contributed by atoms with Crippen LogP contribution in [0.25, 0.3) is 0 Å². The maximum atomic E-state index is 13.0. The molecule has 0 aromatic heterocycles. The molecule has 1 heterocycles. The fourth-order valence-electron chi connectivity index (χ4n) is 2.91. The highest BCUT2D eigenvalue weighted by molar-refractivity contribution is 6.41. The molecule has 0 bridgehead atoms. The lowest BCUT2D eigenvalue weighted by molar-refractivity contribution is -0.147. The molecule has 0 aliphatic carbocycles. The number of rotatable bonds is 6. The van der Waals surface area contributed by atoms with Crippen molar-refractivity contribution in [3.63, 3.8) is 0 Å². The highest BCUT2D eigenvalue weighted by Gasteiger charge is 2.34. The van der Waals surface area contributed by atoms with E-state index in [4.69, 9.17) is 0 Å². The molecule has 3 rings (SSSR count). The molecule has 3 amide bonds. The number of hydrogen-bond donors (Lipinski definition) is 1. The third kappa shape index (κ3) is 4.69. The van der Waals surface area contributed by atoms with Gasteiger partial charge in [0.1, 0.15) is 12.4 Å². The first-order chi connectivity index (χ1) is 13.0. The molecule has 2 aromatic rings. The van der Waals surface area contributed by atoms with E-state index in [1.807, 2.05) is 30.3 Å². The van der Waals surface area contributed by atoms with E-state index in [2.05, 4.69) is 5.32 Å². The van der Waals surface area contributed by atoms with E-state index in [0.29, 0.717) is 18.7 Å². The number of carbonyl (C=O) groups excluding carboxylic acids is 3. The number of anilines is 1. The zero-order valence-corrected chi connectivity index (χ0v) is 14.7. The lowest BCUT2D eigenvalue weighted by Crippen LogP contribution is -2.56. The molecule has 27 heavy (non-hydrogen) atoms. The van der Waals surface area contributed by atoms with Crippen LogP contribution in [-0.4, -0.2) is 48.8 Å². The topological polar surface area (TPSA) is 69.7 Å². The van der Waals surface area contributed by atoms with Crippen molar-refractivity contribution in [1.29, 1.82) is 0 Å². The molecule has 140 valence electrons. The van der Waals surface area contributed by atoms with Crippen molar-refractivity contribution in [2.45, 2.75) is 6.42 Å². The van der Waals surface area contributed by atoms with Gasteiger partial charge in [-0.3, -0.25) is 14.4 Å². The number of nitrogens with zero attached hydrogens (tertiary/aromatic N) is 2. The summed E-state index contributed by atoms with van der Waals surface area (Å²) in [5.41, 5.74) is 1.57. The van der Waals surface area contributed by atoms with Gasteiger partial charge >= 0.3 is 11.8 Å². The molecular weight excluding hydrogens is 349 g/mol. The summed E-state index contributed by atoms with van der Waals surface area (Å²) in [6, 6.07) is 15.1. The van der Waals surface area contributed by atoms with Crippen LogP contribution in [0.5, 0.6) is 0 Å². The van der Waals surface area contributed by atoms with Gasteiger partial charge in [-0.15, -0.1) is 0 Å². The molecule has 0 radical (unpaired) electrons. The average Bonchev–Trinajstić information content (AvgIpc) is 2.67. The molecule has 1 saturated heterocycles. The summed E-state index contributed by atoms with van der Waals surface area (Å²) in [4.78, 5) is 39.2. The molecule has 1 aliphatic rings. The summed E-state index contributed by atoms with van der Waals surface area (Å²) in [5, 5.41) is 2.76. The van der Waals surface area contributed by atoms with Crippen molar-refractivity contribution in [3.8, 4) is 0 Å². The van der Waals surface area contributed by atoms with Crippen LogP contribution in [0, 0.1) is 5.82 Å². The van der Waals surface area contributed by atoms with Crippen molar-refractivity contribution >= 4 is 23.4 Å². The first-order valence-electron chi connectivity index (χ1n) is 8.71. The second-order valence-corrected chi connectivity index (χ2v) is 6.25. The van der Waals surface area contributed by atoms with Gasteiger partial charge in [-0.2, -0.15) is 0 Å². The summed E-state index contributed by atoms with van der Waals surface area (Å²) >= 11 is 0. The van der Waals surface area contributed by atoms with Gasteiger partial charge in [0, 0.05) is 25.3 Å². The van der Waals surface area contributed by atoms with Crippen LogP contribution in [-0.2, 0) is 20.8 Å². The van der Waals surface area contributed by atoms with Gasteiger partial charge in [0.05, 0.1) is 0 Å². The summed E-state index contributed by atoms with van der Waals surface area (Å²) < 4.78 is 13.0. The largest absolute Gasteiger partial charge is 0.354 e. The number of benzene rings is 2. The Labute approximate surface area is 156 Å². The highest BCUT2D eigenvalue weighted by atomic mass is 19.1. The molecule has 0 spiro atoms. The molecule has 2 aromatic carbocycles. The van der Waals surface area contributed by atoms with Crippen LogP contribution in [0.3, 0.4) is 0 Å². The van der Waals surface area contributed by atoms with Gasteiger partial charge in [0.25, 0.3) is 0 Å². The van der Waals surface area contributed by atoms with Crippen LogP contribution in [0.1, 0.15) is 5.56 Å². The quantitative estimate of drug-likeness (QED) is 0.782. The summed E-state index contributed by atoms with van der Waals surface area (Å²) in [5.74, 6) is -2.17. The molecule has 6 nitrogen and oxygen atoms in total. The van der Waals surface area contributed by atoms with E-state index in [1.165, 1.54) is 34.1 Å². The predicted octanol–water partition coefficient (Wildman–Crippen LogP) is 1.36. The number of nitrogens with one attached hydrogen (secondary N) is 1. The Morgan fingerprint density at radius 1 is 0.963 bits per heavy atom. The van der Waals surface area contributed by atoms with E-state index in [-0.39, 0.29) is 25.5 Å². The molecule has 1 fully saturated rings. The average molecular weight is 369 g/mol. The number of halogens is 1. The molecule has 1 N–H and O–H groups in total. The van der Waals surface area contributed by atoms with Crippen LogP contribution in [0.4, 0.5) is 10.1 Å². The van der Waals surface area contributed by atoms with Crippen LogP contribution in [0.2, 0.25) is 0 Å². The highest BCUT2D eigenvalue weighted by Crippen LogP contribution is 2.18. The molecule has 0 saturated carbocycles. The molecule has 0 atom stereocenters. The monoisotopic (exact) mass is 369 g/mol. The number of hydrogen-bond acceptors (Lipinski definition) is 3. The zero-order chi connectivity index (χ0) is 19.2. The third-order valence-corrected chi connectivity index (χ3v) is 4.36. The van der Waals surface area contributed by atoms with E-state index in [1.54, 1.807) is 0 Å². The van der Waals surface area contributed by atoms with E-state index in [9.17, 15) is 18.8 Å². The normalized spacial score (nSPS) is 14.4. The Morgan fingerprint density at radius 3 is 2.37 bits per heavy atom. The lowest BCUT2D eigenvalue weighted by Gasteiger charge is -2.33. The molecular formula is C20H20FN3O3. The summed E-state index contributed by atoms with van der Waals surface area (Å²) in [6.45, 7) is 0.804. The Hall–Kier alpha value is -3.22. The van der Waals surface area contributed by atoms with E-state index < -0.39 is 17.6 Å². The van der Waals surface area contributed by atoms with Crippen LogP contribution >= 0.6 is 0 Å². The minimum absolute atomic E-state index is 0.156. The SMILES string of the molecule is O=C(CN1CCN(c2ccc(F)cc2)C(=O)C1=O)NCCc1ccccc1. The number of piperazine rings is 1. The Bertz CT molecular complexity index is 824. The van der Waals surface area contributed by atoms with Gasteiger partial charge in [-0.05, 0) is 36.2 Å². The number of carbonyl (C=O) groups is 3. The molecule has 1 aliphatic heterocycles. The van der Waals surface area contributed by atoms with E-state index >= 15 is 0 Å². The first-order valence-corrected chi connectivity index (χ1v) is 8.71. The zero-order valence-electron chi connectivity index (χ0n) is 14.7. The van der Waals surface area contributed by atoms with Crippen molar-refractivity contribution in [2.75, 3.05) is 31.1 Å². The minimum Gasteiger partial charge on any atom is -0.354 e. The fourth-order valence-corrected chi connectivity index (χ4v) is 2.91. The van der Waals surface area contributed by atoms with Gasteiger partial charge in [-0.25, -0.2) is 4.39 Å². The third-order valence-electron chi connectivity index (χ3n) is 4.36. The Morgan fingerprint density at radius 2 is 1.67 bits per heavy atom. The van der Waals surface area contributed by atoms with Gasteiger partial charge in [0.2, 0.25) is 5.91 Å². The summed E-state index contributed by atoms with van der Waals surface area (Å²) in [6.07, 6.45) is 0.692. The van der Waals surface area contributed by atoms with E-state index in [0.717, 1.165) is 5.56 Å². The van der Waals surface area contributed by atoms with Crippen molar-refractivity contribution < 1.29 is 18.8 Å². The molecule has 0 unspecified atom stereocenters. The fraction of sp³-hybridized carbons (Fsp3) is 0.250. The van der Waals surface area contributed by atoms with Gasteiger partial charge in [-0.1, -0.05) is 30.3 Å². The van der Waals surface area contributed by atoms with Gasteiger partial charge < -0.3 is 15.1 Å². The Kier molecular flexibility index (Phi) is 5.80. The Balaban J connectivity index is 1.50. The second kappa shape index (κ2) is 8.44. The van der Waals surface area contributed by atoms with Crippen LogP contribution < -0.4 is 10.2 Å². The van der Waals surface area contributed by atoms with Crippen molar-refractivity contribution in [2.24, 2.45) is 0 Å². The number of amides is 3. The van der Waals surface area contributed by atoms with Crippen molar-refractivity contribution in [1.82, 2.24) is 10.2 Å². The van der Waals surface area contributed by atoms with Gasteiger partial charge in [0.15, 0.2) is 0 Å². The maximum absolute atomic E-state index is 13.0. The first kappa shape index (κ1) is 18.6. The maximum Gasteiger partial charge on any atom is 0.316 e. The standard InChI is InChI=1S/C20H20FN3O3/c21-16-6-8-17(9-7-16)24-13-12-23(19(26)20(24)27)14-18(25)22-11-10-15-4-2-1-3-5-15/h1-9H,10-14H2,(H,22,25). The van der Waals surface area contributed by atoms with Crippen LogP contribution in [0.15, 0.2) is 54.6 Å². The smallest absolute Gasteiger partial charge is 0.316 e. The molecule has 7 heteroatoms. The predicted molar refractivity (Wildman–Crippen MR) is 98.5 cm³/mol. The second-order valence-electron chi connectivity index (χ2n) is 6.25.